The van der Waals surface area contributed by atoms with Crippen LogP contribution in [0.15, 0.2) is 27.7 Å². The lowest BCUT2D eigenvalue weighted by Crippen LogP contribution is -1.99. The van der Waals surface area contributed by atoms with Crippen molar-refractivity contribution in [1.29, 1.82) is 0 Å². The standard InChI is InChI=1S/C9H7N3O2S2/c1-5-11-12-9(15-5)16-7-2-3-10-4-6(7)8(13)14/h2-4H,1H3,(H,13,14). The SMILES string of the molecule is Cc1nnc(Sc2ccncc2C(=O)O)s1. The first-order chi connectivity index (χ1) is 7.66. The lowest BCUT2D eigenvalue weighted by Gasteiger charge is -2.00. The third kappa shape index (κ3) is 2.37. The first-order valence-electron chi connectivity index (χ1n) is 4.32. The van der Waals surface area contributed by atoms with Crippen LogP contribution >= 0.6 is 23.1 Å². The van der Waals surface area contributed by atoms with E-state index in [4.69, 9.17) is 5.11 Å². The summed E-state index contributed by atoms with van der Waals surface area (Å²) in [4.78, 5) is 15.3. The predicted octanol–water partition coefficient (Wildman–Crippen LogP) is 2.09. The van der Waals surface area contributed by atoms with E-state index in [1.54, 1.807) is 12.3 Å². The molecule has 82 valence electrons. The van der Waals surface area contributed by atoms with E-state index in [2.05, 4.69) is 15.2 Å². The Hall–Kier alpha value is -1.47. The molecule has 0 aliphatic rings. The lowest BCUT2D eigenvalue weighted by atomic mass is 10.3. The minimum atomic E-state index is -0.989. The zero-order chi connectivity index (χ0) is 11.5. The number of nitrogens with zero attached hydrogens (tertiary/aromatic N) is 3. The number of carboxylic acids is 1. The summed E-state index contributed by atoms with van der Waals surface area (Å²) >= 11 is 2.72. The molecule has 0 amide bonds. The zero-order valence-electron chi connectivity index (χ0n) is 8.25. The monoisotopic (exact) mass is 253 g/mol. The molecule has 0 bridgehead atoms. The molecule has 0 aliphatic carbocycles. The van der Waals surface area contributed by atoms with Crippen molar-refractivity contribution in [2.45, 2.75) is 16.2 Å². The number of pyridine rings is 1. The summed E-state index contributed by atoms with van der Waals surface area (Å²) in [7, 11) is 0. The fourth-order valence-corrected chi connectivity index (χ4v) is 2.91. The van der Waals surface area contributed by atoms with E-state index in [0.29, 0.717) is 4.90 Å². The summed E-state index contributed by atoms with van der Waals surface area (Å²) in [5.41, 5.74) is 0.181. The Balaban J connectivity index is 2.31. The van der Waals surface area contributed by atoms with E-state index >= 15 is 0 Å². The van der Waals surface area contributed by atoms with Crippen LogP contribution in [-0.4, -0.2) is 26.3 Å². The number of hydrogen-bond acceptors (Lipinski definition) is 6. The number of rotatable bonds is 3. The van der Waals surface area contributed by atoms with Crippen LogP contribution in [0.4, 0.5) is 0 Å². The largest absolute Gasteiger partial charge is 0.478 e. The summed E-state index contributed by atoms with van der Waals surface area (Å²) < 4.78 is 0.728. The molecule has 0 aliphatic heterocycles. The molecular formula is C9H7N3O2S2. The van der Waals surface area contributed by atoms with Crippen LogP contribution in [0.25, 0.3) is 0 Å². The maximum atomic E-state index is 10.9. The van der Waals surface area contributed by atoms with Gasteiger partial charge in [-0.3, -0.25) is 4.98 Å². The van der Waals surface area contributed by atoms with Gasteiger partial charge >= 0.3 is 5.97 Å². The Bertz CT molecular complexity index is 527. The average Bonchev–Trinajstić information content (AvgIpc) is 2.64. The smallest absolute Gasteiger partial charge is 0.338 e. The van der Waals surface area contributed by atoms with Crippen molar-refractivity contribution in [3.8, 4) is 0 Å². The Labute approximate surface area is 99.6 Å². The molecule has 2 aromatic rings. The average molecular weight is 253 g/mol. The van der Waals surface area contributed by atoms with Crippen molar-refractivity contribution in [2.24, 2.45) is 0 Å². The molecule has 16 heavy (non-hydrogen) atoms. The second-order valence-electron chi connectivity index (χ2n) is 2.87. The number of carboxylic acid groups (broad SMARTS) is 1. The molecule has 1 N–H and O–H groups in total. The van der Waals surface area contributed by atoms with Crippen molar-refractivity contribution < 1.29 is 9.90 Å². The zero-order valence-corrected chi connectivity index (χ0v) is 9.88. The third-order valence-electron chi connectivity index (χ3n) is 1.72. The first kappa shape index (κ1) is 11.0. The molecule has 2 heterocycles. The third-order valence-corrected chi connectivity index (χ3v) is 3.68. The van der Waals surface area contributed by atoms with Crippen LogP contribution in [-0.2, 0) is 0 Å². The number of carbonyl (C=O) groups is 1. The lowest BCUT2D eigenvalue weighted by molar-refractivity contribution is 0.0692. The molecule has 2 rings (SSSR count). The maximum Gasteiger partial charge on any atom is 0.338 e. The topological polar surface area (TPSA) is 76.0 Å². The van der Waals surface area contributed by atoms with Crippen molar-refractivity contribution in [2.75, 3.05) is 0 Å². The van der Waals surface area contributed by atoms with Crippen LogP contribution in [0.1, 0.15) is 15.4 Å². The molecular weight excluding hydrogens is 246 g/mol. The second-order valence-corrected chi connectivity index (χ2v) is 5.34. The highest BCUT2D eigenvalue weighted by atomic mass is 32.2. The van der Waals surface area contributed by atoms with Gasteiger partial charge in [0.05, 0.1) is 5.56 Å². The van der Waals surface area contributed by atoms with Crippen molar-refractivity contribution in [1.82, 2.24) is 15.2 Å². The van der Waals surface area contributed by atoms with E-state index in [-0.39, 0.29) is 5.56 Å². The van der Waals surface area contributed by atoms with Gasteiger partial charge in [0.2, 0.25) is 0 Å². The molecule has 0 radical (unpaired) electrons. The highest BCUT2D eigenvalue weighted by Crippen LogP contribution is 2.31. The van der Waals surface area contributed by atoms with Crippen molar-refractivity contribution in [3.63, 3.8) is 0 Å². The number of aryl methyl sites for hydroxylation is 1. The van der Waals surface area contributed by atoms with Gasteiger partial charge in [0, 0.05) is 17.3 Å². The summed E-state index contributed by atoms with van der Waals surface area (Å²) in [6.07, 6.45) is 2.89. The summed E-state index contributed by atoms with van der Waals surface area (Å²) in [5.74, 6) is -0.989. The molecule has 0 unspecified atom stereocenters. The van der Waals surface area contributed by atoms with Crippen LogP contribution in [0.2, 0.25) is 0 Å². The Morgan fingerprint density at radius 1 is 1.50 bits per heavy atom. The van der Waals surface area contributed by atoms with Gasteiger partial charge in [-0.25, -0.2) is 4.79 Å². The molecule has 0 atom stereocenters. The minimum absolute atomic E-state index is 0.181. The summed E-state index contributed by atoms with van der Waals surface area (Å²) in [5, 5.41) is 17.6. The van der Waals surface area contributed by atoms with Crippen LogP contribution < -0.4 is 0 Å². The van der Waals surface area contributed by atoms with Gasteiger partial charge in [-0.1, -0.05) is 23.1 Å². The Morgan fingerprint density at radius 2 is 2.31 bits per heavy atom. The highest BCUT2D eigenvalue weighted by Gasteiger charge is 2.12. The van der Waals surface area contributed by atoms with E-state index in [1.807, 2.05) is 6.92 Å². The van der Waals surface area contributed by atoms with Gasteiger partial charge < -0.3 is 5.11 Å². The van der Waals surface area contributed by atoms with Crippen LogP contribution in [0.5, 0.6) is 0 Å². The molecule has 0 saturated carbocycles. The van der Waals surface area contributed by atoms with Crippen molar-refractivity contribution >= 4 is 29.1 Å². The van der Waals surface area contributed by atoms with Crippen LogP contribution in [0.3, 0.4) is 0 Å². The van der Waals surface area contributed by atoms with Gasteiger partial charge in [-0.15, -0.1) is 10.2 Å². The van der Waals surface area contributed by atoms with Crippen molar-refractivity contribution in [3.05, 3.63) is 29.0 Å². The van der Waals surface area contributed by atoms with Gasteiger partial charge in [-0.2, -0.15) is 0 Å². The fourth-order valence-electron chi connectivity index (χ4n) is 1.05. The van der Waals surface area contributed by atoms with Gasteiger partial charge in [0.15, 0.2) is 4.34 Å². The molecule has 7 heteroatoms. The summed E-state index contributed by atoms with van der Waals surface area (Å²) in [6.45, 7) is 1.85. The molecule has 0 aromatic carbocycles. The highest BCUT2D eigenvalue weighted by molar-refractivity contribution is 8.01. The van der Waals surface area contributed by atoms with Gasteiger partial charge in [0.1, 0.15) is 5.01 Å². The van der Waals surface area contributed by atoms with Gasteiger partial charge in [0.25, 0.3) is 0 Å². The van der Waals surface area contributed by atoms with E-state index in [0.717, 1.165) is 9.35 Å². The number of aromatic carboxylic acids is 1. The predicted molar refractivity (Wildman–Crippen MR) is 60.0 cm³/mol. The molecule has 2 aromatic heterocycles. The fraction of sp³-hybridized carbons (Fsp3) is 0.111. The van der Waals surface area contributed by atoms with Crippen LogP contribution in [0, 0.1) is 6.92 Å². The Morgan fingerprint density at radius 3 is 2.94 bits per heavy atom. The molecule has 0 spiro atoms. The maximum absolute atomic E-state index is 10.9. The van der Waals surface area contributed by atoms with Gasteiger partial charge in [-0.05, 0) is 13.0 Å². The van der Waals surface area contributed by atoms with E-state index < -0.39 is 5.97 Å². The Kier molecular flexibility index (Phi) is 3.16. The molecule has 5 nitrogen and oxygen atoms in total. The molecule has 0 saturated heterocycles. The quantitative estimate of drug-likeness (QED) is 0.902. The molecule has 0 fully saturated rings. The van der Waals surface area contributed by atoms with E-state index in [1.165, 1.54) is 29.3 Å². The minimum Gasteiger partial charge on any atom is -0.478 e. The second kappa shape index (κ2) is 4.58. The number of hydrogen-bond donors (Lipinski definition) is 1. The first-order valence-corrected chi connectivity index (χ1v) is 5.95. The van der Waals surface area contributed by atoms with E-state index in [9.17, 15) is 4.79 Å². The summed E-state index contributed by atoms with van der Waals surface area (Å²) in [6, 6.07) is 1.66. The normalized spacial score (nSPS) is 10.3. The number of aromatic nitrogens is 3.